The van der Waals surface area contributed by atoms with Crippen molar-refractivity contribution in [2.75, 3.05) is 13.2 Å². The summed E-state index contributed by atoms with van der Waals surface area (Å²) >= 11 is 12.8. The van der Waals surface area contributed by atoms with Crippen molar-refractivity contribution in [2.24, 2.45) is 10.8 Å². The van der Waals surface area contributed by atoms with Crippen LogP contribution in [0.25, 0.3) is 6.08 Å². The molecule has 0 radical (unpaired) electrons. The standard InChI is InChI=1S/C26H31Cl2N3O3/c1-17-20(24(28)31(29-17)13-18-7-5-6-8-21(18)27)9-10-23(33)34-14-22(32)30-16-26(4)12-19(30)11-25(2,3)15-26/h5-10,19H,11-16H2,1-4H3/b10-9+/t19-,26-/m0/s1. The van der Waals surface area contributed by atoms with Crippen molar-refractivity contribution in [3.63, 3.8) is 0 Å². The fourth-order valence-electron chi connectivity index (χ4n) is 5.82. The third-order valence-electron chi connectivity index (χ3n) is 6.85. The first-order valence-corrected chi connectivity index (χ1v) is 12.3. The minimum Gasteiger partial charge on any atom is -0.452 e. The normalized spacial score (nSPS) is 23.5. The monoisotopic (exact) mass is 503 g/mol. The van der Waals surface area contributed by atoms with E-state index in [1.165, 1.54) is 6.08 Å². The second-order valence-electron chi connectivity index (χ2n) is 10.7. The lowest BCUT2D eigenvalue weighted by atomic mass is 9.65. The molecule has 1 saturated carbocycles. The van der Waals surface area contributed by atoms with Crippen LogP contribution in [-0.4, -0.2) is 45.8 Å². The van der Waals surface area contributed by atoms with Gasteiger partial charge in [-0.2, -0.15) is 5.10 Å². The molecule has 2 bridgehead atoms. The van der Waals surface area contributed by atoms with Crippen LogP contribution in [0.15, 0.2) is 30.3 Å². The summed E-state index contributed by atoms with van der Waals surface area (Å²) in [6.07, 6.45) is 5.97. The minimum absolute atomic E-state index is 0.130. The van der Waals surface area contributed by atoms with Gasteiger partial charge in [-0.3, -0.25) is 4.79 Å². The van der Waals surface area contributed by atoms with Crippen LogP contribution in [0.1, 0.15) is 56.9 Å². The van der Waals surface area contributed by atoms with Gasteiger partial charge in [-0.1, -0.05) is 62.2 Å². The second kappa shape index (κ2) is 9.38. The fraction of sp³-hybridized carbons (Fsp3) is 0.500. The van der Waals surface area contributed by atoms with Gasteiger partial charge in [-0.05, 0) is 54.7 Å². The van der Waals surface area contributed by atoms with E-state index in [-0.39, 0.29) is 29.4 Å². The van der Waals surface area contributed by atoms with Crippen molar-refractivity contribution in [3.05, 3.63) is 57.3 Å². The number of aromatic nitrogens is 2. The largest absolute Gasteiger partial charge is 0.452 e. The van der Waals surface area contributed by atoms with E-state index in [1.807, 2.05) is 36.1 Å². The molecule has 0 unspecified atom stereocenters. The fourth-order valence-corrected chi connectivity index (χ4v) is 6.31. The van der Waals surface area contributed by atoms with Crippen LogP contribution in [0.3, 0.4) is 0 Å². The quantitative estimate of drug-likeness (QED) is 0.383. The van der Waals surface area contributed by atoms with Gasteiger partial charge in [0, 0.05) is 29.2 Å². The van der Waals surface area contributed by atoms with Crippen molar-refractivity contribution in [2.45, 2.75) is 59.5 Å². The minimum atomic E-state index is -0.587. The number of likely N-dealkylation sites (tertiary alicyclic amines) is 1. The molecule has 6 nitrogen and oxygen atoms in total. The van der Waals surface area contributed by atoms with Crippen LogP contribution in [0, 0.1) is 17.8 Å². The van der Waals surface area contributed by atoms with Gasteiger partial charge < -0.3 is 9.64 Å². The first kappa shape index (κ1) is 24.8. The molecule has 1 aromatic carbocycles. The predicted molar refractivity (Wildman–Crippen MR) is 134 cm³/mol. The Labute approximate surface area is 210 Å². The highest BCUT2D eigenvalue weighted by Crippen LogP contribution is 2.52. The SMILES string of the molecule is Cc1nn(Cc2ccccc2Cl)c(Cl)c1/C=C/C(=O)OCC(=O)N1C[C@@]2(C)C[C@@H]1CC(C)(C)C2. The molecule has 0 spiro atoms. The van der Waals surface area contributed by atoms with Crippen LogP contribution in [0.5, 0.6) is 0 Å². The molecule has 1 aliphatic carbocycles. The maximum Gasteiger partial charge on any atom is 0.331 e. The number of fused-ring (bicyclic) bond motifs is 2. The van der Waals surface area contributed by atoms with Crippen LogP contribution < -0.4 is 0 Å². The highest BCUT2D eigenvalue weighted by Gasteiger charge is 2.50. The summed E-state index contributed by atoms with van der Waals surface area (Å²) in [4.78, 5) is 27.0. The zero-order valence-corrected chi connectivity index (χ0v) is 21.6. The molecule has 1 saturated heterocycles. The Kier molecular flexibility index (Phi) is 6.85. The highest BCUT2D eigenvalue weighted by molar-refractivity contribution is 6.32. The lowest BCUT2D eigenvalue weighted by molar-refractivity contribution is -0.148. The number of amides is 1. The molecule has 2 heterocycles. The van der Waals surface area contributed by atoms with E-state index in [9.17, 15) is 9.59 Å². The number of rotatable bonds is 6. The second-order valence-corrected chi connectivity index (χ2v) is 11.5. The average Bonchev–Trinajstić information content (AvgIpc) is 3.16. The number of esters is 1. The number of carbonyl (C=O) groups excluding carboxylic acids is 2. The molecule has 2 atom stereocenters. The van der Waals surface area contributed by atoms with Crippen molar-refractivity contribution in [1.29, 1.82) is 0 Å². The number of benzene rings is 1. The van der Waals surface area contributed by atoms with Crippen LogP contribution >= 0.6 is 23.2 Å². The van der Waals surface area contributed by atoms with Crippen molar-refractivity contribution >= 4 is 41.2 Å². The molecule has 4 rings (SSSR count). The van der Waals surface area contributed by atoms with Gasteiger partial charge >= 0.3 is 5.97 Å². The zero-order valence-electron chi connectivity index (χ0n) is 20.1. The molecule has 1 aliphatic heterocycles. The summed E-state index contributed by atoms with van der Waals surface area (Å²) in [7, 11) is 0. The van der Waals surface area contributed by atoms with Gasteiger partial charge in [0.2, 0.25) is 0 Å². The lowest BCUT2D eigenvalue weighted by Crippen LogP contribution is -2.39. The van der Waals surface area contributed by atoms with E-state index in [1.54, 1.807) is 10.8 Å². The van der Waals surface area contributed by atoms with E-state index in [2.05, 4.69) is 25.9 Å². The smallest absolute Gasteiger partial charge is 0.331 e. The number of halogens is 2. The van der Waals surface area contributed by atoms with Gasteiger partial charge in [0.25, 0.3) is 5.91 Å². The summed E-state index contributed by atoms with van der Waals surface area (Å²) in [5.41, 5.74) is 2.56. The van der Waals surface area contributed by atoms with Gasteiger partial charge in [0.05, 0.1) is 12.2 Å². The topological polar surface area (TPSA) is 64.4 Å². The Morgan fingerprint density at radius 1 is 1.21 bits per heavy atom. The Morgan fingerprint density at radius 3 is 2.68 bits per heavy atom. The Morgan fingerprint density at radius 2 is 1.94 bits per heavy atom. The molecular weight excluding hydrogens is 473 g/mol. The first-order chi connectivity index (χ1) is 16.0. The molecule has 0 N–H and O–H groups in total. The Balaban J connectivity index is 1.35. The number of aryl methyl sites for hydroxylation is 1. The van der Waals surface area contributed by atoms with E-state index in [4.69, 9.17) is 27.9 Å². The van der Waals surface area contributed by atoms with Crippen molar-refractivity contribution < 1.29 is 14.3 Å². The molecule has 1 aromatic heterocycles. The molecule has 2 aliphatic rings. The predicted octanol–water partition coefficient (Wildman–Crippen LogP) is 5.53. The van der Waals surface area contributed by atoms with Gasteiger partial charge in [0.1, 0.15) is 5.15 Å². The van der Waals surface area contributed by atoms with Crippen molar-refractivity contribution in [3.8, 4) is 0 Å². The average molecular weight is 504 g/mol. The summed E-state index contributed by atoms with van der Waals surface area (Å²) in [6.45, 7) is 9.48. The summed E-state index contributed by atoms with van der Waals surface area (Å²) in [5, 5.41) is 5.50. The summed E-state index contributed by atoms with van der Waals surface area (Å²) < 4.78 is 6.90. The highest BCUT2D eigenvalue weighted by atomic mass is 35.5. The number of hydrogen-bond donors (Lipinski definition) is 0. The van der Waals surface area contributed by atoms with Crippen molar-refractivity contribution in [1.82, 2.24) is 14.7 Å². The number of hydrogen-bond acceptors (Lipinski definition) is 4. The van der Waals surface area contributed by atoms with E-state index in [0.717, 1.165) is 31.4 Å². The van der Waals surface area contributed by atoms with Gasteiger partial charge in [-0.15, -0.1) is 0 Å². The van der Waals surface area contributed by atoms with E-state index in [0.29, 0.717) is 28.0 Å². The van der Waals surface area contributed by atoms with Crippen LogP contribution in [0.4, 0.5) is 0 Å². The summed E-state index contributed by atoms with van der Waals surface area (Å²) in [6, 6.07) is 7.72. The number of nitrogens with zero attached hydrogens (tertiary/aromatic N) is 3. The molecule has 182 valence electrons. The zero-order chi connectivity index (χ0) is 24.7. The van der Waals surface area contributed by atoms with E-state index >= 15 is 0 Å². The third kappa shape index (κ3) is 5.33. The first-order valence-electron chi connectivity index (χ1n) is 11.6. The third-order valence-corrected chi connectivity index (χ3v) is 7.61. The maximum atomic E-state index is 12.8. The summed E-state index contributed by atoms with van der Waals surface area (Å²) in [5.74, 6) is -0.716. The lowest BCUT2D eigenvalue weighted by Gasteiger charge is -2.39. The number of ether oxygens (including phenoxy) is 1. The molecule has 34 heavy (non-hydrogen) atoms. The van der Waals surface area contributed by atoms with E-state index < -0.39 is 5.97 Å². The number of carbonyl (C=O) groups is 2. The molecular formula is C26H31Cl2N3O3. The maximum absolute atomic E-state index is 12.8. The van der Waals surface area contributed by atoms with Crippen LogP contribution in [0.2, 0.25) is 10.2 Å². The van der Waals surface area contributed by atoms with Crippen LogP contribution in [-0.2, 0) is 20.9 Å². The van der Waals surface area contributed by atoms with Gasteiger partial charge in [0.15, 0.2) is 6.61 Å². The molecule has 1 amide bonds. The molecule has 8 heteroatoms. The Bertz CT molecular complexity index is 1140. The molecule has 2 aromatic rings. The Hall–Kier alpha value is -2.31. The molecule has 2 fully saturated rings. The van der Waals surface area contributed by atoms with Gasteiger partial charge in [-0.25, -0.2) is 9.48 Å².